The van der Waals surface area contributed by atoms with Gasteiger partial charge in [0.2, 0.25) is 0 Å². The van der Waals surface area contributed by atoms with Gasteiger partial charge in [-0.1, -0.05) is 31.4 Å². The zero-order valence-corrected chi connectivity index (χ0v) is 18.9. The lowest BCUT2D eigenvalue weighted by molar-refractivity contribution is 0.516. The third-order valence-corrected chi connectivity index (χ3v) is 7.02. The molecular weight excluding hydrogens is 432 g/mol. The molecule has 0 aromatic carbocycles. The van der Waals surface area contributed by atoms with Crippen LogP contribution >= 0.6 is 22.7 Å². The van der Waals surface area contributed by atoms with Gasteiger partial charge in [0.1, 0.15) is 11.6 Å². The van der Waals surface area contributed by atoms with Gasteiger partial charge in [0.05, 0.1) is 0 Å². The molecule has 0 aliphatic carbocycles. The maximum atomic E-state index is 12.1. The number of aromatic nitrogens is 6. The van der Waals surface area contributed by atoms with Crippen LogP contribution in [0, 0.1) is 0 Å². The fourth-order valence-electron chi connectivity index (χ4n) is 3.64. The Balaban J connectivity index is 1.18. The Bertz CT molecular complexity index is 1080. The average molecular weight is 459 g/mol. The van der Waals surface area contributed by atoms with Crippen molar-refractivity contribution in [2.24, 2.45) is 0 Å². The molecule has 164 valence electrons. The summed E-state index contributed by atoms with van der Waals surface area (Å²) >= 11 is 3.35. The van der Waals surface area contributed by atoms with Gasteiger partial charge in [0.25, 0.3) is 0 Å². The molecule has 8 nitrogen and oxygen atoms in total. The Labute approximate surface area is 187 Å². The highest BCUT2D eigenvalue weighted by Gasteiger charge is 2.11. The third kappa shape index (κ3) is 5.71. The summed E-state index contributed by atoms with van der Waals surface area (Å²) in [5, 5.41) is 17.6. The first kappa shape index (κ1) is 21.5. The molecule has 4 aromatic rings. The second-order valence-electron chi connectivity index (χ2n) is 7.47. The molecule has 0 fully saturated rings. The fourth-order valence-corrected chi connectivity index (χ4v) is 5.04. The van der Waals surface area contributed by atoms with Crippen LogP contribution < -0.4 is 11.4 Å². The Kier molecular flexibility index (Phi) is 7.31. The Morgan fingerprint density at radius 3 is 1.58 bits per heavy atom. The maximum Gasteiger partial charge on any atom is 0.343 e. The van der Waals surface area contributed by atoms with Crippen molar-refractivity contribution in [2.45, 2.75) is 58.0 Å². The van der Waals surface area contributed by atoms with Crippen LogP contribution in [0.25, 0.3) is 0 Å². The van der Waals surface area contributed by atoms with E-state index in [1.807, 2.05) is 22.9 Å². The van der Waals surface area contributed by atoms with Crippen molar-refractivity contribution < 1.29 is 0 Å². The quantitative estimate of drug-likeness (QED) is 0.318. The van der Waals surface area contributed by atoms with E-state index in [2.05, 4.69) is 32.5 Å². The summed E-state index contributed by atoms with van der Waals surface area (Å²) in [5.74, 6) is 1.59. The van der Waals surface area contributed by atoms with Gasteiger partial charge in [-0.25, -0.2) is 19.8 Å². The number of rotatable bonds is 12. The molecule has 4 rings (SSSR count). The number of aromatic amines is 2. The van der Waals surface area contributed by atoms with Crippen LogP contribution in [0.5, 0.6) is 0 Å². The number of hydrogen-bond donors (Lipinski definition) is 2. The molecule has 0 aliphatic heterocycles. The highest BCUT2D eigenvalue weighted by atomic mass is 32.1. The largest absolute Gasteiger partial charge is 0.343 e. The van der Waals surface area contributed by atoms with Crippen molar-refractivity contribution in [1.29, 1.82) is 0 Å². The van der Waals surface area contributed by atoms with Crippen molar-refractivity contribution in [3.63, 3.8) is 0 Å². The Morgan fingerprint density at radius 2 is 1.16 bits per heavy atom. The van der Waals surface area contributed by atoms with Crippen molar-refractivity contribution in [3.05, 3.63) is 77.4 Å². The van der Waals surface area contributed by atoms with Crippen molar-refractivity contribution in [2.75, 3.05) is 0 Å². The van der Waals surface area contributed by atoms with E-state index in [4.69, 9.17) is 0 Å². The predicted molar refractivity (Wildman–Crippen MR) is 123 cm³/mol. The average Bonchev–Trinajstić information content (AvgIpc) is 3.56. The summed E-state index contributed by atoms with van der Waals surface area (Å²) in [7, 11) is 0. The topological polar surface area (TPSA) is 101 Å². The van der Waals surface area contributed by atoms with Gasteiger partial charge < -0.3 is 0 Å². The highest BCUT2D eigenvalue weighted by molar-refractivity contribution is 7.10. The van der Waals surface area contributed by atoms with Crippen LogP contribution in [0.15, 0.2) is 44.6 Å². The minimum Gasteiger partial charge on any atom is -0.279 e. The van der Waals surface area contributed by atoms with E-state index in [-0.39, 0.29) is 11.4 Å². The first-order valence-electron chi connectivity index (χ1n) is 10.5. The lowest BCUT2D eigenvalue weighted by Gasteiger charge is -2.07. The summed E-state index contributed by atoms with van der Waals surface area (Å²) in [4.78, 5) is 26.5. The molecule has 0 atom stereocenters. The number of hydrogen-bond acceptors (Lipinski definition) is 6. The van der Waals surface area contributed by atoms with Crippen LogP contribution in [0.4, 0.5) is 0 Å². The molecule has 0 spiro atoms. The van der Waals surface area contributed by atoms with Crippen molar-refractivity contribution in [1.82, 2.24) is 29.5 Å². The summed E-state index contributed by atoms with van der Waals surface area (Å²) in [6.07, 6.45) is 6.39. The SMILES string of the molecule is O=c1[nH]nc(Cc2cccs2)n1CCCCCCCn1c(Cc2cccs2)n[nH]c1=O. The standard InChI is InChI=1S/C21H26N6O2S2/c28-20-24-22-18(14-16-8-6-12-30-16)26(20)10-4-2-1-3-5-11-27-19(23-25-21(27)29)15-17-9-7-13-31-17/h6-9,12-13H,1-5,10-11,14-15H2,(H,24,28)(H,25,29). The van der Waals surface area contributed by atoms with Gasteiger partial charge in [0, 0.05) is 35.7 Å². The van der Waals surface area contributed by atoms with Gasteiger partial charge in [-0.2, -0.15) is 10.2 Å². The first-order chi connectivity index (χ1) is 15.2. The molecule has 31 heavy (non-hydrogen) atoms. The minimum atomic E-state index is -0.135. The van der Waals surface area contributed by atoms with Gasteiger partial charge in [-0.15, -0.1) is 22.7 Å². The Morgan fingerprint density at radius 1 is 0.710 bits per heavy atom. The van der Waals surface area contributed by atoms with Gasteiger partial charge in [-0.05, 0) is 35.7 Å². The van der Waals surface area contributed by atoms with E-state index < -0.39 is 0 Å². The van der Waals surface area contributed by atoms with Crippen LogP contribution in [0.1, 0.15) is 53.5 Å². The van der Waals surface area contributed by atoms with Crippen LogP contribution in [0.3, 0.4) is 0 Å². The van der Waals surface area contributed by atoms with Crippen molar-refractivity contribution in [3.8, 4) is 0 Å². The Hall–Kier alpha value is -2.72. The second kappa shape index (κ2) is 10.5. The monoisotopic (exact) mass is 458 g/mol. The molecule has 0 amide bonds. The van der Waals surface area contributed by atoms with E-state index in [0.29, 0.717) is 25.9 Å². The summed E-state index contributed by atoms with van der Waals surface area (Å²) in [6.45, 7) is 1.37. The van der Waals surface area contributed by atoms with Gasteiger partial charge >= 0.3 is 11.4 Å². The molecule has 0 unspecified atom stereocenters. The first-order valence-corrected chi connectivity index (χ1v) is 12.3. The fraction of sp³-hybridized carbons (Fsp3) is 0.429. The number of unbranched alkanes of at least 4 members (excludes halogenated alkanes) is 4. The van der Waals surface area contributed by atoms with E-state index in [9.17, 15) is 9.59 Å². The molecule has 0 saturated carbocycles. The zero-order chi connectivity index (χ0) is 21.5. The zero-order valence-electron chi connectivity index (χ0n) is 17.2. The predicted octanol–water partition coefficient (Wildman–Crippen LogP) is 3.41. The van der Waals surface area contributed by atoms with Gasteiger partial charge in [0.15, 0.2) is 0 Å². The third-order valence-electron chi connectivity index (χ3n) is 5.26. The molecule has 4 heterocycles. The molecule has 0 bridgehead atoms. The minimum absolute atomic E-state index is 0.135. The molecule has 4 aromatic heterocycles. The van der Waals surface area contributed by atoms with Crippen LogP contribution in [0.2, 0.25) is 0 Å². The van der Waals surface area contributed by atoms with E-state index in [1.54, 1.807) is 31.8 Å². The molecular formula is C21H26N6O2S2. The van der Waals surface area contributed by atoms with Crippen LogP contribution in [-0.2, 0) is 25.9 Å². The lowest BCUT2D eigenvalue weighted by atomic mass is 10.1. The highest BCUT2D eigenvalue weighted by Crippen LogP contribution is 2.14. The van der Waals surface area contributed by atoms with E-state index in [1.165, 1.54) is 9.75 Å². The number of nitrogens with zero attached hydrogens (tertiary/aromatic N) is 4. The smallest absolute Gasteiger partial charge is 0.279 e. The van der Waals surface area contributed by atoms with Gasteiger partial charge in [-0.3, -0.25) is 9.13 Å². The molecule has 2 N–H and O–H groups in total. The maximum absolute atomic E-state index is 12.1. The molecule has 0 saturated heterocycles. The molecule has 10 heteroatoms. The number of nitrogens with one attached hydrogen (secondary N) is 2. The summed E-state index contributed by atoms with van der Waals surface area (Å²) < 4.78 is 3.50. The van der Waals surface area contributed by atoms with Crippen LogP contribution in [-0.4, -0.2) is 29.5 Å². The summed E-state index contributed by atoms with van der Waals surface area (Å²) in [6, 6.07) is 8.15. The summed E-state index contributed by atoms with van der Waals surface area (Å²) in [5.41, 5.74) is -0.270. The number of H-pyrrole nitrogens is 2. The normalized spacial score (nSPS) is 11.4. The van der Waals surface area contributed by atoms with E-state index in [0.717, 1.165) is 43.8 Å². The lowest BCUT2D eigenvalue weighted by Crippen LogP contribution is -2.19. The number of thiophene rings is 2. The van der Waals surface area contributed by atoms with Crippen molar-refractivity contribution >= 4 is 22.7 Å². The molecule has 0 radical (unpaired) electrons. The van der Waals surface area contributed by atoms with E-state index >= 15 is 0 Å². The molecule has 0 aliphatic rings. The second-order valence-corrected chi connectivity index (χ2v) is 9.54.